The standard InChI is InChI=1S/C17H23N3O3S/c1-3-19-10-16-15(12-23-2)9-20(11-17(16)18-19)24(21,22)13-14-7-5-4-6-8-14/h4-8,10,15H,3,9,11-13H2,1-2H3/t15-/m1/s1. The first kappa shape index (κ1) is 17.1. The molecule has 7 heteroatoms. The van der Waals surface area contributed by atoms with Crippen molar-refractivity contribution in [3.63, 3.8) is 0 Å². The fourth-order valence-electron chi connectivity index (χ4n) is 3.11. The molecule has 2 heterocycles. The zero-order valence-corrected chi connectivity index (χ0v) is 14.9. The summed E-state index contributed by atoms with van der Waals surface area (Å²) in [6.07, 6.45) is 2.01. The molecule has 2 aromatic rings. The zero-order chi connectivity index (χ0) is 17.2. The summed E-state index contributed by atoms with van der Waals surface area (Å²) in [4.78, 5) is 0. The van der Waals surface area contributed by atoms with E-state index in [1.54, 1.807) is 11.4 Å². The van der Waals surface area contributed by atoms with Crippen LogP contribution >= 0.6 is 0 Å². The van der Waals surface area contributed by atoms with Gasteiger partial charge in [0.2, 0.25) is 10.0 Å². The second-order valence-corrected chi connectivity index (χ2v) is 8.04. The monoisotopic (exact) mass is 349 g/mol. The van der Waals surface area contributed by atoms with Crippen LogP contribution in [0.4, 0.5) is 0 Å². The van der Waals surface area contributed by atoms with Crippen LogP contribution in [0.25, 0.3) is 0 Å². The lowest BCUT2D eigenvalue weighted by molar-refractivity contribution is 0.162. The van der Waals surface area contributed by atoms with E-state index in [2.05, 4.69) is 5.10 Å². The average Bonchev–Trinajstić information content (AvgIpc) is 2.99. The molecule has 6 nitrogen and oxygen atoms in total. The van der Waals surface area contributed by atoms with Crippen LogP contribution in [0.15, 0.2) is 36.5 Å². The number of fused-ring (bicyclic) bond motifs is 1. The number of hydrogen-bond acceptors (Lipinski definition) is 4. The van der Waals surface area contributed by atoms with Crippen LogP contribution in [0.1, 0.15) is 29.7 Å². The van der Waals surface area contributed by atoms with Gasteiger partial charge in [-0.25, -0.2) is 8.42 Å². The van der Waals surface area contributed by atoms with Crippen LogP contribution in [0, 0.1) is 0 Å². The van der Waals surface area contributed by atoms with Crippen molar-refractivity contribution in [3.05, 3.63) is 53.3 Å². The largest absolute Gasteiger partial charge is 0.384 e. The van der Waals surface area contributed by atoms with Gasteiger partial charge in [-0.2, -0.15) is 9.40 Å². The van der Waals surface area contributed by atoms with E-state index in [-0.39, 0.29) is 11.7 Å². The van der Waals surface area contributed by atoms with Gasteiger partial charge in [0.25, 0.3) is 0 Å². The molecule has 1 aliphatic rings. The molecule has 0 radical (unpaired) electrons. The predicted octanol–water partition coefficient (Wildman–Crippen LogP) is 1.98. The van der Waals surface area contributed by atoms with E-state index >= 15 is 0 Å². The lowest BCUT2D eigenvalue weighted by Gasteiger charge is -2.31. The fraction of sp³-hybridized carbons (Fsp3) is 0.471. The highest BCUT2D eigenvalue weighted by molar-refractivity contribution is 7.88. The Bertz CT molecular complexity index is 787. The maximum Gasteiger partial charge on any atom is 0.218 e. The summed E-state index contributed by atoms with van der Waals surface area (Å²) >= 11 is 0. The van der Waals surface area contributed by atoms with Crippen LogP contribution < -0.4 is 0 Å². The van der Waals surface area contributed by atoms with Gasteiger partial charge in [-0.15, -0.1) is 0 Å². The minimum atomic E-state index is -3.40. The molecule has 0 N–H and O–H groups in total. The van der Waals surface area contributed by atoms with Crippen molar-refractivity contribution in [3.8, 4) is 0 Å². The molecule has 3 rings (SSSR count). The molecule has 0 saturated heterocycles. The highest BCUT2D eigenvalue weighted by atomic mass is 32.2. The molecule has 0 saturated carbocycles. The number of sulfonamides is 1. The summed E-state index contributed by atoms with van der Waals surface area (Å²) in [6.45, 7) is 4.04. The number of rotatable bonds is 6. The van der Waals surface area contributed by atoms with Crippen molar-refractivity contribution in [2.75, 3.05) is 20.3 Å². The summed E-state index contributed by atoms with van der Waals surface area (Å²) in [5.41, 5.74) is 2.73. The molecule has 0 unspecified atom stereocenters. The first-order chi connectivity index (χ1) is 11.5. The minimum absolute atomic E-state index is 0.0113. The molecule has 0 fully saturated rings. The maximum absolute atomic E-state index is 12.8. The molecule has 0 bridgehead atoms. The second-order valence-electron chi connectivity index (χ2n) is 6.07. The zero-order valence-electron chi connectivity index (χ0n) is 14.1. The van der Waals surface area contributed by atoms with Gasteiger partial charge in [0.05, 0.1) is 24.6 Å². The predicted molar refractivity (Wildman–Crippen MR) is 92.0 cm³/mol. The molecule has 0 aliphatic carbocycles. The summed E-state index contributed by atoms with van der Waals surface area (Å²) in [6, 6.07) is 9.28. The summed E-state index contributed by atoms with van der Waals surface area (Å²) in [5, 5.41) is 4.53. The first-order valence-electron chi connectivity index (χ1n) is 8.10. The summed E-state index contributed by atoms with van der Waals surface area (Å²) in [5.74, 6) is 0.0294. The molecular formula is C17H23N3O3S. The maximum atomic E-state index is 12.8. The number of aromatic nitrogens is 2. The molecule has 1 atom stereocenters. The topological polar surface area (TPSA) is 64.4 Å². The van der Waals surface area contributed by atoms with Gasteiger partial charge in [-0.1, -0.05) is 30.3 Å². The Morgan fingerprint density at radius 2 is 2.04 bits per heavy atom. The van der Waals surface area contributed by atoms with Gasteiger partial charge in [0.1, 0.15) is 0 Å². The molecular weight excluding hydrogens is 326 g/mol. The van der Waals surface area contributed by atoms with E-state index in [9.17, 15) is 8.42 Å². The van der Waals surface area contributed by atoms with Gasteiger partial charge < -0.3 is 4.74 Å². The number of ether oxygens (including phenoxy) is 1. The lowest BCUT2D eigenvalue weighted by Crippen LogP contribution is -2.39. The number of nitrogens with zero attached hydrogens (tertiary/aromatic N) is 3. The van der Waals surface area contributed by atoms with Crippen LogP contribution in [0.5, 0.6) is 0 Å². The number of benzene rings is 1. The molecule has 1 aliphatic heterocycles. The van der Waals surface area contributed by atoms with Gasteiger partial charge >= 0.3 is 0 Å². The van der Waals surface area contributed by atoms with Gasteiger partial charge in [-0.3, -0.25) is 4.68 Å². The van der Waals surface area contributed by atoms with Gasteiger partial charge in [0.15, 0.2) is 0 Å². The van der Waals surface area contributed by atoms with Crippen molar-refractivity contribution < 1.29 is 13.2 Å². The molecule has 0 spiro atoms. The van der Waals surface area contributed by atoms with Crippen molar-refractivity contribution in [1.29, 1.82) is 0 Å². The Morgan fingerprint density at radius 1 is 1.29 bits per heavy atom. The normalized spacial score (nSPS) is 18.5. The van der Waals surface area contributed by atoms with Crippen LogP contribution in [0.2, 0.25) is 0 Å². The number of hydrogen-bond donors (Lipinski definition) is 0. The molecule has 1 aromatic carbocycles. The molecule has 1 aromatic heterocycles. The molecule has 0 amide bonds. The van der Waals surface area contributed by atoms with Crippen molar-refractivity contribution >= 4 is 10.0 Å². The Kier molecular flexibility index (Phi) is 5.03. The average molecular weight is 349 g/mol. The second kappa shape index (κ2) is 7.04. The third-order valence-corrected chi connectivity index (χ3v) is 6.10. The van der Waals surface area contributed by atoms with E-state index in [0.717, 1.165) is 23.4 Å². The first-order valence-corrected chi connectivity index (χ1v) is 9.71. The van der Waals surface area contributed by atoms with Gasteiger partial charge in [-0.05, 0) is 12.5 Å². The quantitative estimate of drug-likeness (QED) is 0.800. The van der Waals surface area contributed by atoms with Crippen molar-refractivity contribution in [2.45, 2.75) is 31.7 Å². The smallest absolute Gasteiger partial charge is 0.218 e. The van der Waals surface area contributed by atoms with Crippen LogP contribution in [0.3, 0.4) is 0 Å². The number of methoxy groups -OCH3 is 1. The van der Waals surface area contributed by atoms with Crippen LogP contribution in [-0.2, 0) is 33.6 Å². The SMILES string of the molecule is CCn1cc2c(n1)CN(S(=O)(=O)Cc1ccccc1)C[C@@H]2COC. The Morgan fingerprint density at radius 3 is 2.71 bits per heavy atom. The fourth-order valence-corrected chi connectivity index (χ4v) is 4.63. The van der Waals surface area contributed by atoms with Gasteiger partial charge in [0, 0.05) is 37.9 Å². The highest BCUT2D eigenvalue weighted by Crippen LogP contribution is 2.30. The van der Waals surface area contributed by atoms with E-state index in [0.29, 0.717) is 19.7 Å². The Labute approximate surface area is 143 Å². The van der Waals surface area contributed by atoms with E-state index in [4.69, 9.17) is 4.74 Å². The Hall–Kier alpha value is -1.70. The third kappa shape index (κ3) is 3.53. The van der Waals surface area contributed by atoms with E-state index in [1.165, 1.54) is 0 Å². The minimum Gasteiger partial charge on any atom is -0.384 e. The summed E-state index contributed by atoms with van der Waals surface area (Å²) in [7, 11) is -1.76. The van der Waals surface area contributed by atoms with Crippen molar-refractivity contribution in [2.24, 2.45) is 0 Å². The highest BCUT2D eigenvalue weighted by Gasteiger charge is 2.34. The van der Waals surface area contributed by atoms with Crippen molar-refractivity contribution in [1.82, 2.24) is 14.1 Å². The number of aryl methyl sites for hydroxylation is 1. The van der Waals surface area contributed by atoms with E-state index in [1.807, 2.05) is 48.1 Å². The Balaban J connectivity index is 1.86. The summed E-state index contributed by atoms with van der Waals surface area (Å²) < 4.78 is 34.4. The molecule has 24 heavy (non-hydrogen) atoms. The molecule has 130 valence electrons. The van der Waals surface area contributed by atoms with Crippen LogP contribution in [-0.4, -0.2) is 42.8 Å². The van der Waals surface area contributed by atoms with E-state index < -0.39 is 10.0 Å². The third-order valence-electron chi connectivity index (χ3n) is 4.34. The lowest BCUT2D eigenvalue weighted by atomic mass is 9.97.